The normalized spacial score (nSPS) is 21.1. The Balaban J connectivity index is 0.000000170. The molecule has 106 heavy (non-hydrogen) atoms. The van der Waals surface area contributed by atoms with Crippen molar-refractivity contribution in [3.8, 4) is 11.6 Å². The second-order valence-electron chi connectivity index (χ2n) is 28.0. The van der Waals surface area contributed by atoms with Crippen LogP contribution in [0.4, 0.5) is 39.5 Å². The molecule has 6 fully saturated rings. The smallest absolute Gasteiger partial charge is 0.416 e. The van der Waals surface area contributed by atoms with E-state index in [0.717, 1.165) is 150 Å². The third-order valence-electron chi connectivity index (χ3n) is 20.2. The van der Waals surface area contributed by atoms with Crippen LogP contribution in [0.1, 0.15) is 148 Å². The van der Waals surface area contributed by atoms with E-state index in [2.05, 4.69) is 58.2 Å². The largest absolute Gasteiger partial charge is 0.491 e. The molecular weight excluding hydrogens is 1400 g/mol. The van der Waals surface area contributed by atoms with Gasteiger partial charge in [-0.2, -0.15) is 39.5 Å². The monoisotopic (exact) mass is 1480 g/mol. The summed E-state index contributed by atoms with van der Waals surface area (Å²) in [4.78, 5) is 97.0. The number of pyridine rings is 3. The molecule has 3 aliphatic heterocycles. The molecule has 6 aromatic rings. The Bertz CT molecular complexity index is 4150. The number of aromatic nitrogens is 3. The lowest BCUT2D eigenvalue weighted by molar-refractivity contribution is -0.138. The SMILES string of the molecule is C=C(CNC(=O)c1cccc(C(F)(F)F)c1)NC1CN(C2CCC(Oc3ccc(C)cn3)CC2)C1.COc1cccn(C2CCC(N3CC(NC(=O)CNC(=O)c4cccc(C(F)(F)F)c4)C3)CC2)c1=O.Cc1ccc(=O)n(C2CCC(N3CC(NC(=O)CNC(=O)c4cccc(C(F)(F)F)c4)C3)CC2)c1. The summed E-state index contributed by atoms with van der Waals surface area (Å²) in [6.07, 6.45) is 3.84. The fourth-order valence-electron chi connectivity index (χ4n) is 14.4. The van der Waals surface area contributed by atoms with Gasteiger partial charge in [-0.1, -0.05) is 36.9 Å². The molecule has 3 aromatic heterocycles. The highest BCUT2D eigenvalue weighted by atomic mass is 19.4. The molecule has 0 atom stereocenters. The molecule has 3 aliphatic carbocycles. The zero-order valence-corrected chi connectivity index (χ0v) is 59.1. The van der Waals surface area contributed by atoms with Crippen LogP contribution in [-0.4, -0.2) is 167 Å². The molecular formula is C76H89F9N12O9. The summed E-state index contributed by atoms with van der Waals surface area (Å²) in [6.45, 7) is 12.1. The molecule has 6 heterocycles. The van der Waals surface area contributed by atoms with E-state index < -0.39 is 52.9 Å². The van der Waals surface area contributed by atoms with Crippen molar-refractivity contribution in [1.82, 2.24) is 60.7 Å². The Morgan fingerprint density at radius 2 is 0.877 bits per heavy atom. The van der Waals surface area contributed by atoms with E-state index in [-0.39, 0.29) is 95.6 Å². The highest BCUT2D eigenvalue weighted by molar-refractivity contribution is 5.97. The minimum absolute atomic E-state index is 0.0231. The number of methoxy groups -OCH3 is 1. The highest BCUT2D eigenvalue weighted by Gasteiger charge is 2.40. The minimum Gasteiger partial charge on any atom is -0.491 e. The predicted octanol–water partition coefficient (Wildman–Crippen LogP) is 9.80. The molecule has 0 radical (unpaired) electrons. The maximum absolute atomic E-state index is 12.9. The van der Waals surface area contributed by atoms with Crippen molar-refractivity contribution in [2.75, 3.05) is 66.0 Å². The first-order valence-electron chi connectivity index (χ1n) is 35.6. The topological polar surface area (TPSA) is 243 Å². The Morgan fingerprint density at radius 1 is 0.481 bits per heavy atom. The van der Waals surface area contributed by atoms with Crippen LogP contribution < -0.4 is 52.5 Å². The van der Waals surface area contributed by atoms with Gasteiger partial charge in [0.2, 0.25) is 17.7 Å². The molecule has 5 amide bonds. The van der Waals surface area contributed by atoms with Crippen LogP contribution in [-0.2, 0) is 28.1 Å². The minimum atomic E-state index is -4.55. The Morgan fingerprint density at radius 3 is 1.29 bits per heavy atom. The molecule has 0 bridgehead atoms. The summed E-state index contributed by atoms with van der Waals surface area (Å²) in [5, 5.41) is 16.4. The molecule has 12 rings (SSSR count). The third-order valence-corrected chi connectivity index (χ3v) is 20.2. The van der Waals surface area contributed by atoms with Crippen molar-refractivity contribution in [3.05, 3.63) is 205 Å². The number of alkyl halides is 9. The number of likely N-dealkylation sites (tertiary alicyclic amines) is 3. The first kappa shape index (κ1) is 79.0. The molecule has 21 nitrogen and oxygen atoms in total. The van der Waals surface area contributed by atoms with Crippen LogP contribution in [0.3, 0.4) is 0 Å². The Labute approximate surface area is 607 Å². The summed E-state index contributed by atoms with van der Waals surface area (Å²) in [6, 6.07) is 25.3. The average Bonchev–Trinajstić information content (AvgIpc) is 0.813. The van der Waals surface area contributed by atoms with Gasteiger partial charge < -0.3 is 50.5 Å². The van der Waals surface area contributed by atoms with Crippen molar-refractivity contribution in [1.29, 1.82) is 0 Å². The van der Waals surface area contributed by atoms with E-state index in [9.17, 15) is 73.1 Å². The lowest BCUT2D eigenvalue weighted by Crippen LogP contribution is -2.63. The van der Waals surface area contributed by atoms with E-state index in [1.807, 2.05) is 55.1 Å². The number of carbonyl (C=O) groups is 5. The molecule has 0 unspecified atom stereocenters. The van der Waals surface area contributed by atoms with Gasteiger partial charge >= 0.3 is 18.5 Å². The predicted molar refractivity (Wildman–Crippen MR) is 377 cm³/mol. The van der Waals surface area contributed by atoms with Crippen LogP contribution in [0.2, 0.25) is 0 Å². The molecule has 3 saturated heterocycles. The number of amides is 5. The molecule has 6 N–H and O–H groups in total. The van der Waals surface area contributed by atoms with Crippen LogP contribution >= 0.6 is 0 Å². The van der Waals surface area contributed by atoms with E-state index in [0.29, 0.717) is 61.6 Å². The second-order valence-corrected chi connectivity index (χ2v) is 28.0. The fraction of sp³-hybridized carbons (Fsp3) is 0.474. The van der Waals surface area contributed by atoms with Gasteiger partial charge in [0.25, 0.3) is 28.8 Å². The standard InChI is InChI=1S/C26H31F3N4O2.C25H29F3N4O4.C25H29F3N4O3/c1-17-6-11-24(30-13-17)35-23-9-7-22(8-10-23)33-15-21(16-33)32-18(2)14-31-25(34)19-4-3-5-20(12-19)26(27,28)29;1-36-21-6-3-11-32(24(21)35)20-9-7-19(8-10-20)31-14-18(15-31)30-22(33)13-29-23(34)16-4-2-5-17(12-16)25(26,27)28;1-16-5-10-23(34)32(13-16)21-8-6-20(7-9-21)31-14-19(15-31)30-22(33)12-29-24(35)17-3-2-4-18(11-17)25(26,27)28/h3-6,11-13,21-23,32H,2,7-10,14-16H2,1H3,(H,31,34);2-6,11-12,18-20H,7-10,13-15H2,1H3,(H,29,34)(H,30,33);2-5,10-11,13,19-21H,6-9,12,14-15H2,1H3,(H,29,35)(H,30,33). The van der Waals surface area contributed by atoms with Gasteiger partial charge in [0.15, 0.2) is 5.75 Å². The number of hydrogen-bond acceptors (Lipinski definition) is 14. The summed E-state index contributed by atoms with van der Waals surface area (Å²) in [7, 11) is 1.49. The number of carbonyl (C=O) groups excluding carboxylic acids is 5. The average molecular weight is 1490 g/mol. The number of ether oxygens (including phenoxy) is 2. The number of nitrogens with zero attached hydrogens (tertiary/aromatic N) is 6. The Kier molecular flexibility index (Phi) is 26.3. The lowest BCUT2D eigenvalue weighted by Gasteiger charge is -2.47. The molecule has 6 aliphatic rings. The molecule has 3 aromatic carbocycles. The number of hydrogen-bond donors (Lipinski definition) is 6. The van der Waals surface area contributed by atoms with Crippen molar-refractivity contribution < 1.29 is 73.0 Å². The van der Waals surface area contributed by atoms with Gasteiger partial charge in [-0.15, -0.1) is 0 Å². The molecule has 570 valence electrons. The Hall–Kier alpha value is -9.55. The summed E-state index contributed by atoms with van der Waals surface area (Å²) >= 11 is 0. The van der Waals surface area contributed by atoms with E-state index in [4.69, 9.17) is 9.47 Å². The van der Waals surface area contributed by atoms with Crippen molar-refractivity contribution in [2.24, 2.45) is 0 Å². The molecule has 3 saturated carbocycles. The van der Waals surface area contributed by atoms with Gasteiger partial charge in [0.05, 0.1) is 61.6 Å². The van der Waals surface area contributed by atoms with Crippen molar-refractivity contribution in [2.45, 2.75) is 164 Å². The fourth-order valence-corrected chi connectivity index (χ4v) is 14.4. The van der Waals surface area contributed by atoms with Crippen LogP contribution in [0.5, 0.6) is 11.6 Å². The number of nitrogens with one attached hydrogen (secondary N) is 6. The summed E-state index contributed by atoms with van der Waals surface area (Å²) in [5.41, 5.74) is -0.266. The lowest BCUT2D eigenvalue weighted by atomic mass is 9.87. The zero-order chi connectivity index (χ0) is 76.0. The van der Waals surface area contributed by atoms with Gasteiger partial charge in [0.1, 0.15) is 6.10 Å². The van der Waals surface area contributed by atoms with E-state index in [1.165, 1.54) is 31.4 Å². The third kappa shape index (κ3) is 21.8. The quantitative estimate of drug-likeness (QED) is 0.0368. The number of halogens is 9. The summed E-state index contributed by atoms with van der Waals surface area (Å²) < 4.78 is 130. The van der Waals surface area contributed by atoms with Crippen molar-refractivity contribution in [3.63, 3.8) is 0 Å². The van der Waals surface area contributed by atoms with Crippen LogP contribution in [0.15, 0.2) is 150 Å². The number of rotatable bonds is 21. The van der Waals surface area contributed by atoms with Crippen LogP contribution in [0.25, 0.3) is 0 Å². The van der Waals surface area contributed by atoms with Gasteiger partial charge in [-0.05, 0) is 169 Å². The van der Waals surface area contributed by atoms with Gasteiger partial charge in [-0.3, -0.25) is 48.3 Å². The first-order chi connectivity index (χ1) is 50.4. The van der Waals surface area contributed by atoms with Gasteiger partial charge in [0, 0.05) is 123 Å². The van der Waals surface area contributed by atoms with Crippen LogP contribution in [0, 0.1) is 13.8 Å². The maximum Gasteiger partial charge on any atom is 0.416 e. The van der Waals surface area contributed by atoms with E-state index in [1.54, 1.807) is 22.9 Å². The van der Waals surface area contributed by atoms with E-state index >= 15 is 0 Å². The highest BCUT2D eigenvalue weighted by Crippen LogP contribution is 2.37. The van der Waals surface area contributed by atoms with Crippen molar-refractivity contribution >= 4 is 29.5 Å². The summed E-state index contributed by atoms with van der Waals surface area (Å²) in [5.74, 6) is -1.77. The maximum atomic E-state index is 12.9. The first-order valence-corrected chi connectivity index (χ1v) is 35.6. The number of aryl methyl sites for hydroxylation is 2. The zero-order valence-electron chi connectivity index (χ0n) is 59.1. The molecule has 0 spiro atoms. The van der Waals surface area contributed by atoms with Gasteiger partial charge in [-0.25, -0.2) is 4.98 Å². The molecule has 30 heteroatoms. The second kappa shape index (κ2) is 35.2. The number of benzene rings is 3.